The van der Waals surface area contributed by atoms with Gasteiger partial charge in [-0.15, -0.1) is 0 Å². The quantitative estimate of drug-likeness (QED) is 0.414. The molecule has 0 aromatic heterocycles. The molecule has 0 radical (unpaired) electrons. The van der Waals surface area contributed by atoms with Crippen molar-refractivity contribution in [3.8, 4) is 0 Å². The summed E-state index contributed by atoms with van der Waals surface area (Å²) in [5, 5.41) is 0. The van der Waals surface area contributed by atoms with Gasteiger partial charge in [-0.1, -0.05) is 30.1 Å². The van der Waals surface area contributed by atoms with E-state index in [1.165, 1.54) is 0 Å². The molecule has 0 aromatic carbocycles. The largest absolute Gasteiger partial charge is 0.543 e. The lowest BCUT2D eigenvalue weighted by Gasteiger charge is -2.06. The van der Waals surface area contributed by atoms with Gasteiger partial charge in [0.05, 0.1) is 5.76 Å². The Morgan fingerprint density at radius 2 is 2.00 bits per heavy atom. The average molecular weight is 138 g/mol. The average Bonchev–Trinajstić information content (AvgIpc) is 2.15. The molecule has 0 fully saturated rings. The van der Waals surface area contributed by atoms with Crippen LogP contribution < -0.4 is 0 Å². The zero-order valence-corrected chi connectivity index (χ0v) is 6.66. The van der Waals surface area contributed by atoms with E-state index in [-0.39, 0.29) is 0 Å². The van der Waals surface area contributed by atoms with Crippen LogP contribution in [0.1, 0.15) is 6.92 Å². The van der Waals surface area contributed by atoms with Gasteiger partial charge in [0, 0.05) is 0 Å². The third-order valence-electron chi connectivity index (χ3n) is 1.05. The van der Waals surface area contributed by atoms with E-state index < -0.39 is 9.04 Å². The highest BCUT2D eigenvalue weighted by Crippen LogP contribution is 2.03. The van der Waals surface area contributed by atoms with E-state index in [2.05, 4.69) is 18.0 Å². The molecule has 9 heavy (non-hydrogen) atoms. The van der Waals surface area contributed by atoms with Crippen LogP contribution in [-0.2, 0) is 4.43 Å². The first-order valence-electron chi connectivity index (χ1n) is 2.96. The second-order valence-electron chi connectivity index (χ2n) is 2.05. The summed E-state index contributed by atoms with van der Waals surface area (Å²) >= 11 is 0. The number of allylic oxidation sites excluding steroid dienone is 3. The molecule has 0 aliphatic carbocycles. The standard InChI is InChI=1S/C7H10OSi/c1-7(2)8-9-5-3-4-6-9/h3-6,9H,1H2,2H3. The number of rotatable bonds is 2. The maximum atomic E-state index is 5.38. The third-order valence-corrected chi connectivity index (χ3v) is 2.93. The van der Waals surface area contributed by atoms with Crippen molar-refractivity contribution in [2.24, 2.45) is 0 Å². The van der Waals surface area contributed by atoms with Crippen LogP contribution in [-0.4, -0.2) is 9.04 Å². The van der Waals surface area contributed by atoms with Crippen molar-refractivity contribution in [2.75, 3.05) is 0 Å². The Labute approximate surface area is 57.1 Å². The molecule has 0 unspecified atom stereocenters. The van der Waals surface area contributed by atoms with Crippen LogP contribution in [0.25, 0.3) is 0 Å². The van der Waals surface area contributed by atoms with E-state index in [0.717, 1.165) is 5.76 Å². The first-order chi connectivity index (χ1) is 4.29. The molecule has 0 saturated carbocycles. The minimum atomic E-state index is -1.10. The molecule has 0 aromatic rings. The summed E-state index contributed by atoms with van der Waals surface area (Å²) in [6.45, 7) is 5.55. The van der Waals surface area contributed by atoms with E-state index in [0.29, 0.717) is 0 Å². The molecule has 0 saturated heterocycles. The van der Waals surface area contributed by atoms with Gasteiger partial charge in [0.1, 0.15) is 0 Å². The van der Waals surface area contributed by atoms with Gasteiger partial charge in [0.15, 0.2) is 0 Å². The lowest BCUT2D eigenvalue weighted by atomic mass is 10.6. The van der Waals surface area contributed by atoms with Gasteiger partial charge in [-0.2, -0.15) is 0 Å². The Kier molecular flexibility index (Phi) is 1.90. The van der Waals surface area contributed by atoms with Crippen LogP contribution in [0.2, 0.25) is 0 Å². The Morgan fingerprint density at radius 1 is 1.44 bits per heavy atom. The summed E-state index contributed by atoms with van der Waals surface area (Å²) in [7, 11) is -1.10. The highest BCUT2D eigenvalue weighted by Gasteiger charge is 2.05. The molecule has 1 rings (SSSR count). The summed E-state index contributed by atoms with van der Waals surface area (Å²) in [6, 6.07) is 0. The molecule has 48 valence electrons. The molecule has 1 aliphatic heterocycles. The Bertz CT molecular complexity index is 158. The molecule has 1 aliphatic rings. The van der Waals surface area contributed by atoms with Crippen molar-refractivity contribution in [1.29, 1.82) is 0 Å². The summed E-state index contributed by atoms with van der Waals surface area (Å²) < 4.78 is 5.38. The molecular weight excluding hydrogens is 128 g/mol. The normalized spacial score (nSPS) is 16.6. The fourth-order valence-corrected chi connectivity index (χ4v) is 2.17. The third kappa shape index (κ3) is 1.89. The Balaban J connectivity index is 2.37. The molecule has 0 spiro atoms. The van der Waals surface area contributed by atoms with Crippen LogP contribution in [0.3, 0.4) is 0 Å². The van der Waals surface area contributed by atoms with Crippen molar-refractivity contribution < 1.29 is 4.43 Å². The van der Waals surface area contributed by atoms with Crippen LogP contribution in [0, 0.1) is 0 Å². The van der Waals surface area contributed by atoms with Crippen molar-refractivity contribution in [2.45, 2.75) is 6.92 Å². The van der Waals surface area contributed by atoms with Crippen LogP contribution in [0.15, 0.2) is 35.9 Å². The van der Waals surface area contributed by atoms with E-state index in [4.69, 9.17) is 4.43 Å². The van der Waals surface area contributed by atoms with E-state index in [1.807, 2.05) is 19.1 Å². The molecule has 0 N–H and O–H groups in total. The molecule has 1 heterocycles. The van der Waals surface area contributed by atoms with Gasteiger partial charge in [0.2, 0.25) is 0 Å². The lowest BCUT2D eigenvalue weighted by molar-refractivity contribution is 0.454. The first-order valence-corrected chi connectivity index (χ1v) is 4.76. The van der Waals surface area contributed by atoms with E-state index in [9.17, 15) is 0 Å². The molecule has 1 nitrogen and oxygen atoms in total. The predicted octanol–water partition coefficient (Wildman–Crippen LogP) is 1.46. The van der Waals surface area contributed by atoms with Gasteiger partial charge in [0.25, 0.3) is 9.04 Å². The van der Waals surface area contributed by atoms with Gasteiger partial charge >= 0.3 is 0 Å². The van der Waals surface area contributed by atoms with Crippen LogP contribution in [0.5, 0.6) is 0 Å². The molecular formula is C7H10OSi. The molecule has 0 atom stereocenters. The van der Waals surface area contributed by atoms with E-state index in [1.54, 1.807) is 0 Å². The van der Waals surface area contributed by atoms with Crippen molar-refractivity contribution >= 4 is 9.04 Å². The number of hydrogen-bond acceptors (Lipinski definition) is 1. The highest BCUT2D eigenvalue weighted by atomic mass is 28.3. The van der Waals surface area contributed by atoms with Crippen LogP contribution >= 0.6 is 0 Å². The SMILES string of the molecule is C=C(C)O[SiH]1C=CC=C1. The van der Waals surface area contributed by atoms with Crippen molar-refractivity contribution in [1.82, 2.24) is 0 Å². The zero-order valence-electron chi connectivity index (χ0n) is 5.50. The summed E-state index contributed by atoms with van der Waals surface area (Å²) in [5.41, 5.74) is 4.24. The summed E-state index contributed by atoms with van der Waals surface area (Å²) in [4.78, 5) is 0. The van der Waals surface area contributed by atoms with Crippen LogP contribution in [0.4, 0.5) is 0 Å². The number of hydrogen-bond donors (Lipinski definition) is 0. The topological polar surface area (TPSA) is 9.23 Å². The summed E-state index contributed by atoms with van der Waals surface area (Å²) in [6.07, 6.45) is 4.06. The Morgan fingerprint density at radius 3 is 2.44 bits per heavy atom. The van der Waals surface area contributed by atoms with Gasteiger partial charge in [-0.25, -0.2) is 0 Å². The van der Waals surface area contributed by atoms with E-state index >= 15 is 0 Å². The van der Waals surface area contributed by atoms with Gasteiger partial charge in [-0.3, -0.25) is 0 Å². The second kappa shape index (κ2) is 2.69. The van der Waals surface area contributed by atoms with Gasteiger partial charge < -0.3 is 4.43 Å². The maximum absolute atomic E-state index is 5.38. The minimum absolute atomic E-state index is 0.822. The lowest BCUT2D eigenvalue weighted by Crippen LogP contribution is -2.08. The van der Waals surface area contributed by atoms with Crippen molar-refractivity contribution in [3.05, 3.63) is 35.9 Å². The summed E-state index contributed by atoms with van der Waals surface area (Å²) in [5.74, 6) is 0.822. The highest BCUT2D eigenvalue weighted by molar-refractivity contribution is 6.64. The fraction of sp³-hybridized carbons (Fsp3) is 0.143. The Hall–Kier alpha value is -0.763. The monoisotopic (exact) mass is 138 g/mol. The maximum Gasteiger partial charge on any atom is 0.284 e. The van der Waals surface area contributed by atoms with Gasteiger partial charge in [-0.05, 0) is 6.92 Å². The van der Waals surface area contributed by atoms with Crippen molar-refractivity contribution in [3.63, 3.8) is 0 Å². The predicted molar refractivity (Wildman–Crippen MR) is 41.3 cm³/mol. The zero-order chi connectivity index (χ0) is 6.69. The second-order valence-corrected chi connectivity index (χ2v) is 3.99. The molecule has 0 bridgehead atoms. The molecule has 0 amide bonds. The first kappa shape index (κ1) is 6.36. The minimum Gasteiger partial charge on any atom is -0.543 e. The smallest absolute Gasteiger partial charge is 0.284 e. The molecule has 2 heteroatoms. The fourth-order valence-electron chi connectivity index (χ4n) is 0.722.